The van der Waals surface area contributed by atoms with Crippen molar-refractivity contribution in [2.45, 2.75) is 40.8 Å². The summed E-state index contributed by atoms with van der Waals surface area (Å²) < 4.78 is 13.0. The average Bonchev–Trinajstić information content (AvgIpc) is 2.96. The number of nitrogens with zero attached hydrogens (tertiary/aromatic N) is 2. The molecule has 0 aliphatic rings. The first-order valence-corrected chi connectivity index (χ1v) is 8.29. The largest absolute Gasteiger partial charge is 0.490 e. The maximum Gasteiger partial charge on any atom is 0.255 e. The predicted molar refractivity (Wildman–Crippen MR) is 92.6 cm³/mol. The van der Waals surface area contributed by atoms with E-state index in [-0.39, 0.29) is 5.91 Å². The molecular weight excluding hydrogens is 306 g/mol. The quantitative estimate of drug-likeness (QED) is 0.808. The van der Waals surface area contributed by atoms with Gasteiger partial charge in [-0.1, -0.05) is 6.07 Å². The van der Waals surface area contributed by atoms with E-state index in [1.54, 1.807) is 10.9 Å². The lowest BCUT2D eigenvalue weighted by molar-refractivity contribution is 0.0950. The maximum absolute atomic E-state index is 12.3. The number of aryl methyl sites for hydroxylation is 1. The highest BCUT2D eigenvalue weighted by atomic mass is 16.5. The Bertz CT molecular complexity index is 695. The Balaban J connectivity index is 2.06. The number of carbonyl (C=O) groups is 1. The van der Waals surface area contributed by atoms with Crippen LogP contribution in [0.25, 0.3) is 0 Å². The van der Waals surface area contributed by atoms with Gasteiger partial charge in [-0.25, -0.2) is 0 Å². The lowest BCUT2D eigenvalue weighted by Gasteiger charge is -2.13. The minimum atomic E-state index is -0.126. The van der Waals surface area contributed by atoms with Crippen molar-refractivity contribution in [1.29, 1.82) is 0 Å². The molecule has 1 aromatic carbocycles. The number of hydrogen-bond donors (Lipinski definition) is 1. The molecular formula is C18H25N3O3. The molecule has 2 rings (SSSR count). The predicted octanol–water partition coefficient (Wildman–Crippen LogP) is 2.94. The second kappa shape index (κ2) is 8.38. The van der Waals surface area contributed by atoms with Crippen LogP contribution in [-0.2, 0) is 13.1 Å². The molecule has 0 radical (unpaired) electrons. The number of nitrogens with one attached hydrogen (secondary N) is 1. The van der Waals surface area contributed by atoms with Crippen LogP contribution in [0.2, 0.25) is 0 Å². The number of rotatable bonds is 8. The summed E-state index contributed by atoms with van der Waals surface area (Å²) in [6.07, 6.45) is 1.61. The standard InChI is InChI=1S/C18H25N3O3/c1-5-21-13(4)15(12-20-21)18(22)19-11-14-8-9-16(23-6-2)17(10-14)24-7-3/h8-10,12H,5-7,11H2,1-4H3,(H,19,22). The molecule has 0 saturated heterocycles. The van der Waals surface area contributed by atoms with Crippen LogP contribution in [-0.4, -0.2) is 28.9 Å². The van der Waals surface area contributed by atoms with E-state index >= 15 is 0 Å². The maximum atomic E-state index is 12.3. The van der Waals surface area contributed by atoms with Gasteiger partial charge in [0, 0.05) is 18.8 Å². The number of amides is 1. The number of benzene rings is 1. The number of ether oxygens (including phenoxy) is 2. The van der Waals surface area contributed by atoms with Crippen molar-refractivity contribution in [3.8, 4) is 11.5 Å². The molecule has 0 aliphatic heterocycles. The van der Waals surface area contributed by atoms with E-state index < -0.39 is 0 Å². The summed E-state index contributed by atoms with van der Waals surface area (Å²) in [6, 6.07) is 5.70. The van der Waals surface area contributed by atoms with Gasteiger partial charge >= 0.3 is 0 Å². The first kappa shape index (κ1) is 17.8. The van der Waals surface area contributed by atoms with Crippen LogP contribution in [0.5, 0.6) is 11.5 Å². The van der Waals surface area contributed by atoms with Crippen LogP contribution in [0.3, 0.4) is 0 Å². The van der Waals surface area contributed by atoms with E-state index in [9.17, 15) is 4.79 Å². The third kappa shape index (κ3) is 4.07. The van der Waals surface area contributed by atoms with Gasteiger partial charge in [-0.05, 0) is 45.4 Å². The van der Waals surface area contributed by atoms with Crippen LogP contribution in [0, 0.1) is 6.92 Å². The van der Waals surface area contributed by atoms with Crippen molar-refractivity contribution >= 4 is 5.91 Å². The molecule has 0 spiro atoms. The number of carbonyl (C=O) groups excluding carboxylic acids is 1. The van der Waals surface area contributed by atoms with Crippen molar-refractivity contribution < 1.29 is 14.3 Å². The molecule has 1 aromatic heterocycles. The topological polar surface area (TPSA) is 65.4 Å². The third-order valence-corrected chi connectivity index (χ3v) is 3.71. The van der Waals surface area contributed by atoms with Gasteiger partial charge in [0.25, 0.3) is 5.91 Å². The second-order valence-corrected chi connectivity index (χ2v) is 5.29. The molecule has 0 bridgehead atoms. The lowest BCUT2D eigenvalue weighted by Crippen LogP contribution is -2.23. The van der Waals surface area contributed by atoms with E-state index in [2.05, 4.69) is 10.4 Å². The third-order valence-electron chi connectivity index (χ3n) is 3.71. The first-order valence-electron chi connectivity index (χ1n) is 8.29. The molecule has 130 valence electrons. The van der Waals surface area contributed by atoms with Crippen molar-refractivity contribution in [3.63, 3.8) is 0 Å². The summed E-state index contributed by atoms with van der Waals surface area (Å²) in [4.78, 5) is 12.3. The molecule has 0 fully saturated rings. The van der Waals surface area contributed by atoms with Gasteiger partial charge in [-0.3, -0.25) is 9.48 Å². The van der Waals surface area contributed by atoms with Gasteiger partial charge in [0.15, 0.2) is 11.5 Å². The normalized spacial score (nSPS) is 10.5. The smallest absolute Gasteiger partial charge is 0.255 e. The van der Waals surface area contributed by atoms with Gasteiger partial charge < -0.3 is 14.8 Å². The van der Waals surface area contributed by atoms with Crippen molar-refractivity contribution in [3.05, 3.63) is 41.2 Å². The van der Waals surface area contributed by atoms with Crippen molar-refractivity contribution in [2.24, 2.45) is 0 Å². The fourth-order valence-corrected chi connectivity index (χ4v) is 2.47. The number of hydrogen-bond acceptors (Lipinski definition) is 4. The fourth-order valence-electron chi connectivity index (χ4n) is 2.47. The Labute approximate surface area is 142 Å². The molecule has 6 heteroatoms. The van der Waals surface area contributed by atoms with Gasteiger partial charge in [0.2, 0.25) is 0 Å². The fraction of sp³-hybridized carbons (Fsp3) is 0.444. The van der Waals surface area contributed by atoms with Gasteiger partial charge in [0.05, 0.1) is 25.0 Å². The van der Waals surface area contributed by atoms with Gasteiger partial charge in [-0.2, -0.15) is 5.10 Å². The highest BCUT2D eigenvalue weighted by Crippen LogP contribution is 2.28. The van der Waals surface area contributed by atoms with Crippen LogP contribution in [0.15, 0.2) is 24.4 Å². The highest BCUT2D eigenvalue weighted by Gasteiger charge is 2.14. The monoisotopic (exact) mass is 331 g/mol. The van der Waals surface area contributed by atoms with E-state index in [0.717, 1.165) is 23.6 Å². The molecule has 6 nitrogen and oxygen atoms in total. The molecule has 1 amide bonds. The van der Waals surface area contributed by atoms with Crippen LogP contribution in [0.4, 0.5) is 0 Å². The van der Waals surface area contributed by atoms with Gasteiger partial charge in [-0.15, -0.1) is 0 Å². The molecule has 24 heavy (non-hydrogen) atoms. The zero-order valence-corrected chi connectivity index (χ0v) is 14.8. The van der Waals surface area contributed by atoms with Crippen molar-refractivity contribution in [1.82, 2.24) is 15.1 Å². The summed E-state index contributed by atoms with van der Waals surface area (Å²) in [5.41, 5.74) is 2.43. The van der Waals surface area contributed by atoms with Crippen LogP contribution >= 0.6 is 0 Å². The first-order chi connectivity index (χ1) is 11.6. The number of aromatic nitrogens is 2. The Morgan fingerprint density at radius 2 is 1.88 bits per heavy atom. The Morgan fingerprint density at radius 1 is 1.17 bits per heavy atom. The van der Waals surface area contributed by atoms with E-state index in [0.29, 0.717) is 31.1 Å². The summed E-state index contributed by atoms with van der Waals surface area (Å²) in [6.45, 7) is 10.1. The van der Waals surface area contributed by atoms with Gasteiger partial charge in [0.1, 0.15) is 0 Å². The SMILES string of the molecule is CCOc1ccc(CNC(=O)c2cnn(CC)c2C)cc1OCC. The molecule has 1 heterocycles. The van der Waals surface area contributed by atoms with Crippen molar-refractivity contribution in [2.75, 3.05) is 13.2 Å². The zero-order chi connectivity index (χ0) is 17.5. The molecule has 0 atom stereocenters. The van der Waals surface area contributed by atoms with E-state index in [1.807, 2.05) is 45.9 Å². The summed E-state index contributed by atoms with van der Waals surface area (Å²) in [5.74, 6) is 1.29. The second-order valence-electron chi connectivity index (χ2n) is 5.29. The summed E-state index contributed by atoms with van der Waals surface area (Å²) >= 11 is 0. The zero-order valence-electron chi connectivity index (χ0n) is 14.8. The molecule has 0 saturated carbocycles. The molecule has 0 aliphatic carbocycles. The molecule has 2 aromatic rings. The Morgan fingerprint density at radius 3 is 2.50 bits per heavy atom. The Hall–Kier alpha value is -2.50. The minimum Gasteiger partial charge on any atom is -0.490 e. The minimum absolute atomic E-state index is 0.126. The highest BCUT2D eigenvalue weighted by molar-refractivity contribution is 5.94. The summed E-state index contributed by atoms with van der Waals surface area (Å²) in [5, 5.41) is 7.13. The average molecular weight is 331 g/mol. The van der Waals surface area contributed by atoms with E-state index in [4.69, 9.17) is 9.47 Å². The van der Waals surface area contributed by atoms with Crippen LogP contribution < -0.4 is 14.8 Å². The van der Waals surface area contributed by atoms with E-state index in [1.165, 1.54) is 0 Å². The molecule has 0 unspecified atom stereocenters. The lowest BCUT2D eigenvalue weighted by atomic mass is 10.2. The molecule has 1 N–H and O–H groups in total. The van der Waals surface area contributed by atoms with Crippen LogP contribution in [0.1, 0.15) is 42.4 Å². The Kier molecular flexibility index (Phi) is 6.23. The summed E-state index contributed by atoms with van der Waals surface area (Å²) in [7, 11) is 0.